The summed E-state index contributed by atoms with van der Waals surface area (Å²) < 4.78 is 43.2. The minimum Gasteiger partial charge on any atom is -0.475 e. The van der Waals surface area contributed by atoms with Crippen molar-refractivity contribution in [2.45, 2.75) is 26.1 Å². The molecule has 1 atom stereocenters. The molecule has 176 valence electrons. The van der Waals surface area contributed by atoms with Crippen molar-refractivity contribution in [1.82, 2.24) is 30.0 Å². The molecule has 5 rings (SSSR count). The molecule has 2 N–H and O–H groups in total. The van der Waals surface area contributed by atoms with E-state index in [0.29, 0.717) is 51.5 Å². The maximum absolute atomic E-state index is 13.1. The molecular weight excluding hydrogens is 450 g/mol. The number of fused-ring (bicyclic) bond motifs is 2. The van der Waals surface area contributed by atoms with Gasteiger partial charge in [0.2, 0.25) is 11.8 Å². The van der Waals surface area contributed by atoms with Gasteiger partial charge in [-0.3, -0.25) is 0 Å². The van der Waals surface area contributed by atoms with E-state index < -0.39 is 12.7 Å². The van der Waals surface area contributed by atoms with Gasteiger partial charge in [-0.2, -0.15) is 13.9 Å². The van der Waals surface area contributed by atoms with Crippen molar-refractivity contribution in [2.75, 3.05) is 13.7 Å². The minimum absolute atomic E-state index is 0.202. The summed E-state index contributed by atoms with van der Waals surface area (Å²) in [5.41, 5.74) is 3.39. The third-order valence-electron chi connectivity index (χ3n) is 5.46. The molecule has 1 aliphatic heterocycles. The highest BCUT2D eigenvalue weighted by molar-refractivity contribution is 6.04. The number of ether oxygens (including phenoxy) is 3. The lowest BCUT2D eigenvalue weighted by molar-refractivity contribution is -0.0524. The van der Waals surface area contributed by atoms with E-state index in [2.05, 4.69) is 30.1 Å². The van der Waals surface area contributed by atoms with Crippen LogP contribution in [0.2, 0.25) is 0 Å². The van der Waals surface area contributed by atoms with Crippen LogP contribution in [0, 0.1) is 6.92 Å². The summed E-state index contributed by atoms with van der Waals surface area (Å²) in [6.45, 7) is -0.650. The second-order valence-corrected chi connectivity index (χ2v) is 7.60. The highest BCUT2D eigenvalue weighted by Crippen LogP contribution is 2.45. The summed E-state index contributed by atoms with van der Waals surface area (Å²) in [5.74, 6) is 0.277. The number of amides is 1. The number of hydrogen-bond acceptors (Lipinski definition) is 7. The number of aromatic nitrogens is 5. The molecule has 0 aliphatic carbocycles. The van der Waals surface area contributed by atoms with Crippen LogP contribution in [-0.2, 0) is 11.3 Å². The van der Waals surface area contributed by atoms with Gasteiger partial charge in [0.25, 0.3) is 0 Å². The summed E-state index contributed by atoms with van der Waals surface area (Å²) in [4.78, 5) is 23.3. The van der Waals surface area contributed by atoms with Crippen LogP contribution in [0.1, 0.15) is 5.69 Å². The van der Waals surface area contributed by atoms with Crippen LogP contribution in [0.3, 0.4) is 0 Å². The average Bonchev–Trinajstić information content (AvgIpc) is 3.35. The predicted octanol–water partition coefficient (Wildman–Crippen LogP) is 3.52. The van der Waals surface area contributed by atoms with Gasteiger partial charge in [-0.05, 0) is 31.2 Å². The number of H-pyrrole nitrogens is 1. The Morgan fingerprint density at radius 3 is 2.85 bits per heavy atom. The summed E-state index contributed by atoms with van der Waals surface area (Å²) in [7, 11) is 1.29. The van der Waals surface area contributed by atoms with Crippen LogP contribution in [0.25, 0.3) is 33.4 Å². The van der Waals surface area contributed by atoms with Crippen molar-refractivity contribution in [3.05, 3.63) is 42.4 Å². The molecule has 1 amide bonds. The van der Waals surface area contributed by atoms with Crippen molar-refractivity contribution in [3.63, 3.8) is 0 Å². The van der Waals surface area contributed by atoms with Gasteiger partial charge in [-0.1, -0.05) is 0 Å². The lowest BCUT2D eigenvalue weighted by Crippen LogP contribution is -2.44. The van der Waals surface area contributed by atoms with Gasteiger partial charge in [-0.25, -0.2) is 19.4 Å². The fourth-order valence-corrected chi connectivity index (χ4v) is 4.12. The monoisotopic (exact) mass is 470 g/mol. The van der Waals surface area contributed by atoms with E-state index in [4.69, 9.17) is 9.47 Å². The standard InChI is InChI=1S/C22H20F2N6O4/c1-11-15(20-30(29-11)9-12(10-33-20)27-22(31)32-2)17-16(13-5-3-7-25-18(13)28-17)14-6-4-8-26-19(14)34-21(23)24/h3-8,12,21H,9-10H2,1-2H3,(H,25,28)(H,27,31)/t12-/m0/s1. The fourth-order valence-electron chi connectivity index (χ4n) is 4.12. The first-order valence-electron chi connectivity index (χ1n) is 10.4. The number of nitrogens with zero attached hydrogens (tertiary/aromatic N) is 4. The number of halogens is 2. The number of aryl methyl sites for hydroxylation is 1. The van der Waals surface area contributed by atoms with Crippen LogP contribution in [-0.4, -0.2) is 57.2 Å². The van der Waals surface area contributed by atoms with Crippen LogP contribution in [0.5, 0.6) is 11.8 Å². The summed E-state index contributed by atoms with van der Waals surface area (Å²) >= 11 is 0. The van der Waals surface area contributed by atoms with E-state index in [9.17, 15) is 13.6 Å². The van der Waals surface area contributed by atoms with Crippen molar-refractivity contribution in [2.24, 2.45) is 0 Å². The highest BCUT2D eigenvalue weighted by atomic mass is 19.3. The Balaban J connectivity index is 1.66. The molecule has 4 aromatic rings. The molecule has 0 bridgehead atoms. The van der Waals surface area contributed by atoms with E-state index >= 15 is 0 Å². The van der Waals surface area contributed by atoms with Crippen LogP contribution < -0.4 is 14.8 Å². The molecule has 1 aliphatic rings. The maximum atomic E-state index is 13.1. The van der Waals surface area contributed by atoms with Gasteiger partial charge in [-0.15, -0.1) is 0 Å². The van der Waals surface area contributed by atoms with Crippen molar-refractivity contribution < 1.29 is 27.8 Å². The molecular formula is C22H20F2N6O4. The number of nitrogens with one attached hydrogen (secondary N) is 2. The first-order valence-corrected chi connectivity index (χ1v) is 10.4. The second kappa shape index (κ2) is 8.61. The van der Waals surface area contributed by atoms with E-state index in [1.807, 2.05) is 13.0 Å². The Bertz CT molecular complexity index is 1370. The molecule has 0 fully saturated rings. The molecule has 4 aromatic heterocycles. The Morgan fingerprint density at radius 2 is 2.06 bits per heavy atom. The van der Waals surface area contributed by atoms with E-state index in [1.54, 1.807) is 29.1 Å². The fraction of sp³-hybridized carbons (Fsp3) is 0.273. The summed E-state index contributed by atoms with van der Waals surface area (Å²) in [5, 5.41) is 7.98. The first-order chi connectivity index (χ1) is 16.5. The van der Waals surface area contributed by atoms with Crippen LogP contribution >= 0.6 is 0 Å². The van der Waals surface area contributed by atoms with Gasteiger partial charge in [0.05, 0.1) is 36.6 Å². The zero-order chi connectivity index (χ0) is 23.8. The number of alkyl carbamates (subject to hydrolysis) is 1. The van der Waals surface area contributed by atoms with E-state index in [0.717, 1.165) is 0 Å². The normalized spacial score (nSPS) is 15.1. The first kappa shape index (κ1) is 21.6. The highest BCUT2D eigenvalue weighted by Gasteiger charge is 2.31. The molecule has 0 saturated heterocycles. The zero-order valence-corrected chi connectivity index (χ0v) is 18.2. The van der Waals surface area contributed by atoms with Gasteiger partial charge in [0.15, 0.2) is 0 Å². The Morgan fingerprint density at radius 1 is 1.26 bits per heavy atom. The number of hydrogen-bond donors (Lipinski definition) is 2. The zero-order valence-electron chi connectivity index (χ0n) is 18.2. The second-order valence-electron chi connectivity index (χ2n) is 7.60. The number of carbonyl (C=O) groups is 1. The number of pyridine rings is 2. The molecule has 0 spiro atoms. The number of carbonyl (C=O) groups excluding carboxylic acids is 1. The van der Waals surface area contributed by atoms with Crippen molar-refractivity contribution in [3.8, 4) is 34.1 Å². The average molecular weight is 470 g/mol. The molecule has 10 nitrogen and oxygen atoms in total. The Kier molecular flexibility index (Phi) is 5.48. The predicted molar refractivity (Wildman–Crippen MR) is 117 cm³/mol. The lowest BCUT2D eigenvalue weighted by Gasteiger charge is -2.25. The Hall–Kier alpha value is -4.22. The van der Waals surface area contributed by atoms with Crippen LogP contribution in [0.15, 0.2) is 36.7 Å². The van der Waals surface area contributed by atoms with Gasteiger partial charge in [0.1, 0.15) is 12.3 Å². The van der Waals surface area contributed by atoms with Crippen molar-refractivity contribution in [1.29, 1.82) is 0 Å². The molecule has 5 heterocycles. The molecule has 34 heavy (non-hydrogen) atoms. The number of aromatic amines is 1. The SMILES string of the molecule is COC(=O)N[C@@H]1COc2c(-c3[nH]c4ncccc4c3-c3cccnc3OC(F)F)c(C)nn2C1. The quantitative estimate of drug-likeness (QED) is 0.459. The molecule has 0 saturated carbocycles. The van der Waals surface area contributed by atoms with Crippen molar-refractivity contribution >= 4 is 17.1 Å². The number of rotatable bonds is 5. The number of alkyl halides is 2. The van der Waals surface area contributed by atoms with Gasteiger partial charge in [0, 0.05) is 28.9 Å². The molecule has 0 aromatic carbocycles. The summed E-state index contributed by atoms with van der Waals surface area (Å²) in [6.07, 6.45) is 2.46. The largest absolute Gasteiger partial charge is 0.475 e. The van der Waals surface area contributed by atoms with E-state index in [-0.39, 0.29) is 18.5 Å². The smallest absolute Gasteiger partial charge is 0.407 e. The van der Waals surface area contributed by atoms with Crippen LogP contribution in [0.4, 0.5) is 13.6 Å². The Labute approximate surface area is 191 Å². The van der Waals surface area contributed by atoms with E-state index in [1.165, 1.54) is 13.3 Å². The topological polar surface area (TPSA) is 116 Å². The third-order valence-corrected chi connectivity index (χ3v) is 5.46. The lowest BCUT2D eigenvalue weighted by atomic mass is 9.99. The number of methoxy groups -OCH3 is 1. The summed E-state index contributed by atoms with van der Waals surface area (Å²) in [6, 6.07) is 6.56. The molecule has 12 heteroatoms. The van der Waals surface area contributed by atoms with Gasteiger partial charge >= 0.3 is 12.7 Å². The molecule has 0 radical (unpaired) electrons. The minimum atomic E-state index is -3.03. The molecule has 0 unspecified atom stereocenters. The maximum Gasteiger partial charge on any atom is 0.407 e. The van der Waals surface area contributed by atoms with Gasteiger partial charge < -0.3 is 24.5 Å². The third kappa shape index (κ3) is 3.76.